The molecule has 0 saturated carbocycles. The van der Waals surface area contributed by atoms with Crippen LogP contribution < -0.4 is 19.1 Å². The molecule has 1 N–H and O–H groups in total. The molecule has 1 atom stereocenters. The number of methoxy groups -OCH3 is 2. The van der Waals surface area contributed by atoms with Crippen molar-refractivity contribution in [1.82, 2.24) is 10.2 Å². The lowest BCUT2D eigenvalue weighted by atomic mass is 10.1. The molecule has 0 aromatic heterocycles. The first-order valence-electron chi connectivity index (χ1n) is 11.5. The third-order valence-electron chi connectivity index (χ3n) is 5.57. The van der Waals surface area contributed by atoms with E-state index >= 15 is 0 Å². The first kappa shape index (κ1) is 29.3. The van der Waals surface area contributed by atoms with Crippen LogP contribution in [-0.4, -0.2) is 64.7 Å². The Morgan fingerprint density at radius 1 is 1.08 bits per heavy atom. The van der Waals surface area contributed by atoms with Crippen molar-refractivity contribution in [2.24, 2.45) is 0 Å². The third kappa shape index (κ3) is 8.03. The van der Waals surface area contributed by atoms with Gasteiger partial charge in [-0.2, -0.15) is 0 Å². The Kier molecular flexibility index (Phi) is 10.9. The molecule has 2 amide bonds. The van der Waals surface area contributed by atoms with Crippen molar-refractivity contribution < 1.29 is 27.5 Å². The van der Waals surface area contributed by atoms with Gasteiger partial charge in [-0.05, 0) is 43.2 Å². The molecule has 0 fully saturated rings. The monoisotopic (exact) mass is 539 g/mol. The van der Waals surface area contributed by atoms with E-state index in [0.29, 0.717) is 28.6 Å². The van der Waals surface area contributed by atoms with Gasteiger partial charge in [0.25, 0.3) is 0 Å². The van der Waals surface area contributed by atoms with Crippen LogP contribution in [0.5, 0.6) is 11.5 Å². The molecule has 9 nitrogen and oxygen atoms in total. The van der Waals surface area contributed by atoms with Crippen LogP contribution >= 0.6 is 11.6 Å². The molecule has 0 spiro atoms. The van der Waals surface area contributed by atoms with E-state index in [4.69, 9.17) is 21.1 Å². The van der Waals surface area contributed by atoms with Gasteiger partial charge in [-0.1, -0.05) is 37.1 Å². The fourth-order valence-electron chi connectivity index (χ4n) is 3.54. The van der Waals surface area contributed by atoms with E-state index in [2.05, 4.69) is 5.32 Å². The second-order valence-corrected chi connectivity index (χ2v) is 10.6. The molecule has 0 aliphatic heterocycles. The molecule has 2 aromatic carbocycles. The molecule has 0 bridgehead atoms. The maximum absolute atomic E-state index is 13.6. The van der Waals surface area contributed by atoms with E-state index in [0.717, 1.165) is 23.4 Å². The highest BCUT2D eigenvalue weighted by Crippen LogP contribution is 2.32. The van der Waals surface area contributed by atoms with Crippen molar-refractivity contribution in [1.29, 1.82) is 0 Å². The number of carbonyl (C=O) groups excluding carboxylic acids is 2. The number of rotatable bonds is 13. The number of hydrogen-bond donors (Lipinski definition) is 1. The van der Waals surface area contributed by atoms with Crippen LogP contribution in [0.1, 0.15) is 32.3 Å². The lowest BCUT2D eigenvalue weighted by molar-refractivity contribution is -0.139. The number of sulfonamides is 1. The van der Waals surface area contributed by atoms with E-state index in [1.807, 2.05) is 6.92 Å². The number of hydrogen-bond acceptors (Lipinski definition) is 6. The molecule has 0 heterocycles. The number of nitrogens with zero attached hydrogens (tertiary/aromatic N) is 2. The predicted molar refractivity (Wildman–Crippen MR) is 141 cm³/mol. The summed E-state index contributed by atoms with van der Waals surface area (Å²) in [7, 11) is -0.964. The highest BCUT2D eigenvalue weighted by atomic mass is 35.5. The van der Waals surface area contributed by atoms with E-state index < -0.39 is 28.5 Å². The lowest BCUT2D eigenvalue weighted by Gasteiger charge is -2.31. The highest BCUT2D eigenvalue weighted by molar-refractivity contribution is 7.92. The Morgan fingerprint density at radius 3 is 2.36 bits per heavy atom. The van der Waals surface area contributed by atoms with Gasteiger partial charge < -0.3 is 19.7 Å². The van der Waals surface area contributed by atoms with E-state index in [1.165, 1.54) is 31.3 Å². The van der Waals surface area contributed by atoms with Gasteiger partial charge in [0, 0.05) is 24.2 Å². The largest absolute Gasteiger partial charge is 0.493 e. The van der Waals surface area contributed by atoms with Gasteiger partial charge in [0.15, 0.2) is 11.5 Å². The van der Waals surface area contributed by atoms with Crippen LogP contribution in [0.25, 0.3) is 0 Å². The van der Waals surface area contributed by atoms with Gasteiger partial charge in [-0.3, -0.25) is 13.9 Å². The standard InChI is InChI=1S/C25H34ClN3O6S/c1-6-7-13-27-25(31)18(2)28(16-19-9-8-10-20(26)14-19)24(30)17-29(36(5,32)33)21-11-12-22(34-3)23(15-21)35-4/h8-12,14-15,18H,6-7,13,16-17H2,1-5H3,(H,27,31)/t18-/m0/s1. The molecule has 2 rings (SSSR count). The average molecular weight is 540 g/mol. The van der Waals surface area contributed by atoms with Gasteiger partial charge in [0.2, 0.25) is 21.8 Å². The normalized spacial score (nSPS) is 11.9. The van der Waals surface area contributed by atoms with Gasteiger partial charge >= 0.3 is 0 Å². The summed E-state index contributed by atoms with van der Waals surface area (Å²) < 4.78 is 36.9. The second-order valence-electron chi connectivity index (χ2n) is 8.28. The summed E-state index contributed by atoms with van der Waals surface area (Å²) in [6.07, 6.45) is 2.73. The number of amides is 2. The first-order chi connectivity index (χ1) is 17.0. The molecule has 0 aliphatic rings. The van der Waals surface area contributed by atoms with Crippen LogP contribution in [0.3, 0.4) is 0 Å². The van der Waals surface area contributed by atoms with Crippen LogP contribution in [-0.2, 0) is 26.2 Å². The molecule has 0 aliphatic carbocycles. The van der Waals surface area contributed by atoms with Crippen molar-refractivity contribution >= 4 is 39.1 Å². The SMILES string of the molecule is CCCCNC(=O)[C@H](C)N(Cc1cccc(Cl)c1)C(=O)CN(c1ccc(OC)c(OC)c1)S(C)(=O)=O. The minimum Gasteiger partial charge on any atom is -0.493 e. The molecule has 0 unspecified atom stereocenters. The summed E-state index contributed by atoms with van der Waals surface area (Å²) in [4.78, 5) is 27.8. The number of unbranched alkanes of at least 4 members (excludes halogenated alkanes) is 1. The second kappa shape index (κ2) is 13.4. The molecule has 11 heteroatoms. The Balaban J connectivity index is 2.40. The zero-order valence-electron chi connectivity index (χ0n) is 21.3. The Bertz CT molecular complexity index is 1160. The van der Waals surface area contributed by atoms with E-state index in [1.54, 1.807) is 37.3 Å². The number of halogens is 1. The van der Waals surface area contributed by atoms with E-state index in [9.17, 15) is 18.0 Å². The smallest absolute Gasteiger partial charge is 0.244 e. The average Bonchev–Trinajstić information content (AvgIpc) is 2.84. The topological polar surface area (TPSA) is 105 Å². The van der Waals surface area contributed by atoms with Crippen LogP contribution in [0.15, 0.2) is 42.5 Å². The summed E-state index contributed by atoms with van der Waals surface area (Å²) in [5.41, 5.74) is 0.937. The fourth-order valence-corrected chi connectivity index (χ4v) is 4.60. The number of nitrogens with one attached hydrogen (secondary N) is 1. The number of anilines is 1. The van der Waals surface area contributed by atoms with Gasteiger partial charge in [0.05, 0.1) is 26.2 Å². The zero-order chi connectivity index (χ0) is 26.9. The van der Waals surface area contributed by atoms with E-state index in [-0.39, 0.29) is 18.1 Å². The van der Waals surface area contributed by atoms with Crippen molar-refractivity contribution in [3.8, 4) is 11.5 Å². The molecular formula is C25H34ClN3O6S. The lowest BCUT2D eigenvalue weighted by Crippen LogP contribution is -2.51. The Labute approximate surface area is 218 Å². The fraction of sp³-hybridized carbons (Fsp3) is 0.440. The number of ether oxygens (including phenoxy) is 2. The van der Waals surface area contributed by atoms with Crippen molar-refractivity contribution in [3.63, 3.8) is 0 Å². The molecule has 198 valence electrons. The van der Waals surface area contributed by atoms with Crippen LogP contribution in [0.2, 0.25) is 5.02 Å². The van der Waals surface area contributed by atoms with Crippen molar-refractivity contribution in [2.75, 3.05) is 37.9 Å². The Hall–Kier alpha value is -2.98. The summed E-state index contributed by atoms with van der Waals surface area (Å²) in [6, 6.07) is 10.7. The molecular weight excluding hydrogens is 506 g/mol. The zero-order valence-corrected chi connectivity index (χ0v) is 22.9. The highest BCUT2D eigenvalue weighted by Gasteiger charge is 2.30. The van der Waals surface area contributed by atoms with Gasteiger partial charge in [-0.25, -0.2) is 8.42 Å². The quantitative estimate of drug-likeness (QED) is 0.391. The third-order valence-corrected chi connectivity index (χ3v) is 6.95. The summed E-state index contributed by atoms with van der Waals surface area (Å²) in [5, 5.41) is 3.33. The maximum atomic E-state index is 13.6. The maximum Gasteiger partial charge on any atom is 0.244 e. The predicted octanol–water partition coefficient (Wildman–Crippen LogP) is 3.46. The minimum atomic E-state index is -3.87. The summed E-state index contributed by atoms with van der Waals surface area (Å²) >= 11 is 6.12. The van der Waals surface area contributed by atoms with Crippen molar-refractivity contribution in [2.45, 2.75) is 39.3 Å². The first-order valence-corrected chi connectivity index (χ1v) is 13.8. The van der Waals surface area contributed by atoms with Crippen LogP contribution in [0, 0.1) is 0 Å². The summed E-state index contributed by atoms with van der Waals surface area (Å²) in [6.45, 7) is 3.68. The Morgan fingerprint density at radius 2 is 1.78 bits per heavy atom. The summed E-state index contributed by atoms with van der Waals surface area (Å²) in [5.74, 6) is -0.138. The number of benzene rings is 2. The van der Waals surface area contributed by atoms with Crippen molar-refractivity contribution in [3.05, 3.63) is 53.1 Å². The van der Waals surface area contributed by atoms with Gasteiger partial charge in [-0.15, -0.1) is 0 Å². The minimum absolute atomic E-state index is 0.0747. The number of carbonyl (C=O) groups is 2. The molecule has 0 saturated heterocycles. The molecule has 2 aromatic rings. The van der Waals surface area contributed by atoms with Crippen LogP contribution in [0.4, 0.5) is 5.69 Å². The molecule has 36 heavy (non-hydrogen) atoms. The molecule has 0 radical (unpaired) electrons. The van der Waals surface area contributed by atoms with Gasteiger partial charge in [0.1, 0.15) is 12.6 Å².